The van der Waals surface area contributed by atoms with Crippen molar-refractivity contribution < 1.29 is 4.79 Å². The lowest BCUT2D eigenvalue weighted by Gasteiger charge is -2.37. The molecule has 0 saturated heterocycles. The number of fused-ring (bicyclic) bond motifs is 1. The van der Waals surface area contributed by atoms with Gasteiger partial charge in [-0.2, -0.15) is 5.26 Å². The van der Waals surface area contributed by atoms with E-state index in [0.717, 1.165) is 32.1 Å². The van der Waals surface area contributed by atoms with Crippen molar-refractivity contribution >= 4 is 5.78 Å². The molecule has 2 aliphatic carbocycles. The van der Waals surface area contributed by atoms with Crippen molar-refractivity contribution in [2.75, 3.05) is 0 Å². The van der Waals surface area contributed by atoms with Crippen molar-refractivity contribution in [2.45, 2.75) is 39.0 Å². The first-order chi connectivity index (χ1) is 6.18. The van der Waals surface area contributed by atoms with E-state index in [4.69, 9.17) is 5.26 Å². The number of hydrogen-bond acceptors (Lipinski definition) is 2. The molecule has 0 aromatic carbocycles. The summed E-state index contributed by atoms with van der Waals surface area (Å²) < 4.78 is 0. The average molecular weight is 177 g/mol. The second-order valence-corrected chi connectivity index (χ2v) is 4.64. The molecule has 0 spiro atoms. The Kier molecular flexibility index (Phi) is 1.91. The first kappa shape index (κ1) is 8.74. The van der Waals surface area contributed by atoms with Crippen LogP contribution in [-0.4, -0.2) is 5.78 Å². The summed E-state index contributed by atoms with van der Waals surface area (Å²) in [5, 5.41) is 9.00. The number of ketones is 1. The predicted molar refractivity (Wildman–Crippen MR) is 48.8 cm³/mol. The van der Waals surface area contributed by atoms with Crippen molar-refractivity contribution in [2.24, 2.45) is 17.3 Å². The van der Waals surface area contributed by atoms with E-state index in [1.54, 1.807) is 0 Å². The van der Waals surface area contributed by atoms with Crippen LogP contribution in [0.25, 0.3) is 0 Å². The zero-order chi connectivity index (χ0) is 9.47. The molecule has 2 nitrogen and oxygen atoms in total. The number of nitriles is 1. The Hall–Kier alpha value is -0.840. The largest absolute Gasteiger partial charge is 0.299 e. The Balaban J connectivity index is 2.29. The minimum Gasteiger partial charge on any atom is -0.299 e. The van der Waals surface area contributed by atoms with Gasteiger partial charge in [0.2, 0.25) is 0 Å². The lowest BCUT2D eigenvalue weighted by atomic mass is 9.65. The van der Waals surface area contributed by atoms with E-state index in [1.807, 2.05) is 0 Å². The Labute approximate surface area is 78.9 Å². The SMILES string of the molecule is C[C@]12CCCC(=O)[C@@H]1CC[C@@H]2C#N. The maximum atomic E-state index is 11.6. The third-order valence-corrected chi connectivity index (χ3v) is 4.02. The summed E-state index contributed by atoms with van der Waals surface area (Å²) in [6.45, 7) is 2.13. The average Bonchev–Trinajstić information content (AvgIpc) is 2.43. The van der Waals surface area contributed by atoms with Crippen molar-refractivity contribution in [1.29, 1.82) is 5.26 Å². The van der Waals surface area contributed by atoms with Gasteiger partial charge in [-0.1, -0.05) is 6.92 Å². The smallest absolute Gasteiger partial charge is 0.136 e. The highest BCUT2D eigenvalue weighted by Crippen LogP contribution is 2.53. The van der Waals surface area contributed by atoms with Crippen LogP contribution in [0.3, 0.4) is 0 Å². The van der Waals surface area contributed by atoms with Gasteiger partial charge in [-0.25, -0.2) is 0 Å². The highest BCUT2D eigenvalue weighted by Gasteiger charge is 2.51. The molecule has 3 atom stereocenters. The fourth-order valence-electron chi connectivity index (χ4n) is 3.14. The lowest BCUT2D eigenvalue weighted by Crippen LogP contribution is -2.36. The standard InChI is InChI=1S/C11H15NO/c1-11-6-2-3-10(13)9(11)5-4-8(11)7-12/h8-9H,2-6H2,1H3/t8-,9+,11-/m1/s1. The van der Waals surface area contributed by atoms with E-state index < -0.39 is 0 Å². The van der Waals surface area contributed by atoms with Crippen LogP contribution in [-0.2, 0) is 4.79 Å². The number of carbonyl (C=O) groups is 1. The summed E-state index contributed by atoms with van der Waals surface area (Å²) in [6, 6.07) is 2.37. The number of carbonyl (C=O) groups excluding carboxylic acids is 1. The molecule has 0 amide bonds. The molecule has 0 unspecified atom stereocenters. The maximum absolute atomic E-state index is 11.6. The van der Waals surface area contributed by atoms with Crippen LogP contribution in [0.5, 0.6) is 0 Å². The minimum absolute atomic E-state index is 0.0179. The molecule has 0 aliphatic heterocycles. The molecule has 2 rings (SSSR count). The van der Waals surface area contributed by atoms with Crippen LogP contribution >= 0.6 is 0 Å². The molecule has 0 aromatic rings. The van der Waals surface area contributed by atoms with Gasteiger partial charge in [0.1, 0.15) is 5.78 Å². The number of rotatable bonds is 0. The summed E-state index contributed by atoms with van der Waals surface area (Å²) in [5.74, 6) is 0.735. The molecule has 0 heterocycles. The van der Waals surface area contributed by atoms with Gasteiger partial charge < -0.3 is 0 Å². The maximum Gasteiger partial charge on any atom is 0.136 e. The predicted octanol–water partition coefficient (Wildman–Crippen LogP) is 2.30. The Bertz CT molecular complexity index is 278. The highest BCUT2D eigenvalue weighted by atomic mass is 16.1. The third kappa shape index (κ3) is 1.10. The molecule has 2 fully saturated rings. The van der Waals surface area contributed by atoms with E-state index >= 15 is 0 Å². The first-order valence-electron chi connectivity index (χ1n) is 5.11. The zero-order valence-corrected chi connectivity index (χ0v) is 8.05. The molecule has 0 radical (unpaired) electrons. The Morgan fingerprint density at radius 1 is 1.54 bits per heavy atom. The molecule has 70 valence electrons. The fourth-order valence-corrected chi connectivity index (χ4v) is 3.14. The van der Waals surface area contributed by atoms with Gasteiger partial charge in [-0.3, -0.25) is 4.79 Å². The first-order valence-corrected chi connectivity index (χ1v) is 5.11. The fraction of sp³-hybridized carbons (Fsp3) is 0.818. The second-order valence-electron chi connectivity index (χ2n) is 4.64. The molecule has 0 bridgehead atoms. The normalized spacial score (nSPS) is 44.2. The van der Waals surface area contributed by atoms with Crippen LogP contribution in [0.4, 0.5) is 0 Å². The van der Waals surface area contributed by atoms with E-state index in [0.29, 0.717) is 5.78 Å². The van der Waals surface area contributed by atoms with Gasteiger partial charge in [-0.05, 0) is 31.1 Å². The minimum atomic E-state index is 0.0179. The van der Waals surface area contributed by atoms with Gasteiger partial charge in [0.15, 0.2) is 0 Å². The van der Waals surface area contributed by atoms with Crippen molar-refractivity contribution in [1.82, 2.24) is 0 Å². The lowest BCUT2D eigenvalue weighted by molar-refractivity contribution is -0.129. The van der Waals surface area contributed by atoms with Gasteiger partial charge >= 0.3 is 0 Å². The summed E-state index contributed by atoms with van der Waals surface area (Å²) in [4.78, 5) is 11.6. The van der Waals surface area contributed by atoms with Crippen LogP contribution in [0.1, 0.15) is 39.0 Å². The zero-order valence-electron chi connectivity index (χ0n) is 8.05. The van der Waals surface area contributed by atoms with E-state index in [1.165, 1.54) is 0 Å². The van der Waals surface area contributed by atoms with Gasteiger partial charge in [-0.15, -0.1) is 0 Å². The molecule has 2 saturated carbocycles. The van der Waals surface area contributed by atoms with Crippen molar-refractivity contribution in [3.8, 4) is 6.07 Å². The van der Waals surface area contributed by atoms with Crippen LogP contribution in [0, 0.1) is 28.6 Å². The van der Waals surface area contributed by atoms with Gasteiger partial charge in [0, 0.05) is 12.3 Å². The molecular formula is C11H15NO. The summed E-state index contributed by atoms with van der Waals surface area (Å²) in [6.07, 6.45) is 4.70. The molecule has 2 aliphatic rings. The monoisotopic (exact) mass is 177 g/mol. The number of hydrogen-bond donors (Lipinski definition) is 0. The highest BCUT2D eigenvalue weighted by molar-refractivity contribution is 5.83. The van der Waals surface area contributed by atoms with Crippen molar-refractivity contribution in [3.05, 3.63) is 0 Å². The summed E-state index contributed by atoms with van der Waals surface area (Å²) in [7, 11) is 0. The van der Waals surface area contributed by atoms with E-state index in [-0.39, 0.29) is 17.3 Å². The topological polar surface area (TPSA) is 40.9 Å². The van der Waals surface area contributed by atoms with Crippen LogP contribution in [0.2, 0.25) is 0 Å². The van der Waals surface area contributed by atoms with Gasteiger partial charge in [0.25, 0.3) is 0 Å². The van der Waals surface area contributed by atoms with Gasteiger partial charge in [0.05, 0.1) is 12.0 Å². The van der Waals surface area contributed by atoms with E-state index in [9.17, 15) is 4.79 Å². The summed E-state index contributed by atoms with van der Waals surface area (Å²) in [5.41, 5.74) is 0.0179. The Morgan fingerprint density at radius 3 is 3.00 bits per heavy atom. The van der Waals surface area contributed by atoms with Crippen LogP contribution in [0.15, 0.2) is 0 Å². The molecule has 2 heteroatoms. The van der Waals surface area contributed by atoms with E-state index in [2.05, 4.69) is 13.0 Å². The molecule has 0 N–H and O–H groups in total. The second kappa shape index (κ2) is 2.83. The quantitative estimate of drug-likeness (QED) is 0.569. The Morgan fingerprint density at radius 2 is 2.31 bits per heavy atom. The molecule has 0 aromatic heterocycles. The van der Waals surface area contributed by atoms with Crippen molar-refractivity contribution in [3.63, 3.8) is 0 Å². The molecular weight excluding hydrogens is 162 g/mol. The summed E-state index contributed by atoms with van der Waals surface area (Å²) >= 11 is 0. The molecule has 13 heavy (non-hydrogen) atoms. The van der Waals surface area contributed by atoms with Crippen LogP contribution < -0.4 is 0 Å². The number of Topliss-reactive ketones (excluding diaryl/α,β-unsaturated/α-hetero) is 1. The third-order valence-electron chi connectivity index (χ3n) is 4.02. The number of nitrogens with zero attached hydrogens (tertiary/aromatic N) is 1.